The third kappa shape index (κ3) is 3.75. The number of sulfonamides is 1. The van der Waals surface area contributed by atoms with Crippen molar-refractivity contribution in [1.29, 1.82) is 0 Å². The first-order valence-electron chi connectivity index (χ1n) is 3.66. The van der Waals surface area contributed by atoms with Crippen LogP contribution < -0.4 is 21.5 Å². The molecule has 0 aliphatic heterocycles. The first-order valence-corrected chi connectivity index (χ1v) is 7.52. The van der Waals surface area contributed by atoms with Crippen molar-refractivity contribution in [2.45, 2.75) is 5.51 Å². The van der Waals surface area contributed by atoms with Crippen LogP contribution in [0.3, 0.4) is 0 Å². The lowest BCUT2D eigenvalue weighted by Crippen LogP contribution is -3.59. The Bertz CT molecular complexity index is 460. The quantitative estimate of drug-likeness (QED) is 0.673. The van der Waals surface area contributed by atoms with Gasteiger partial charge in [-0.1, -0.05) is 11.6 Å². The van der Waals surface area contributed by atoms with Gasteiger partial charge in [-0.25, -0.2) is 8.42 Å². The van der Waals surface area contributed by atoms with Crippen LogP contribution in [-0.4, -0.2) is 13.9 Å². The predicted octanol–water partition coefficient (Wildman–Crippen LogP) is -0.263. The molecule has 0 aliphatic rings. The number of rotatable bonds is 3. The van der Waals surface area contributed by atoms with Crippen molar-refractivity contribution in [1.82, 2.24) is 0 Å². The lowest BCUT2D eigenvalue weighted by atomic mass is 10.4. The van der Waals surface area contributed by atoms with E-state index in [1.54, 1.807) is 0 Å². The Hall–Kier alpha value is -0.0600. The van der Waals surface area contributed by atoms with Gasteiger partial charge in [-0.3, -0.25) is 2.94 Å². The van der Waals surface area contributed by atoms with Gasteiger partial charge in [0.2, 0.25) is 31.5 Å². The predicted molar refractivity (Wildman–Crippen MR) is 48.5 cm³/mol. The van der Waals surface area contributed by atoms with E-state index in [1.807, 2.05) is 0 Å². The molecule has 0 heterocycles. The maximum atomic E-state index is 11.9. The second-order valence-corrected chi connectivity index (χ2v) is 7.41. The summed E-state index contributed by atoms with van der Waals surface area (Å²) in [5.41, 5.74) is -5.32. The summed E-state index contributed by atoms with van der Waals surface area (Å²) in [5, 5.41) is 0.423. The van der Waals surface area contributed by atoms with Gasteiger partial charge in [-0.2, -0.15) is 13.2 Å². The average Bonchev–Trinajstić information content (AvgIpc) is 2.15. The SMILES string of the molecule is O=S(=O)([N-][I+]c1ccc(Cl)cc1)C(F)(F)F. The maximum absolute atomic E-state index is 11.9. The van der Waals surface area contributed by atoms with Crippen LogP contribution in [0.2, 0.25) is 5.02 Å². The molecule has 0 radical (unpaired) electrons. The van der Waals surface area contributed by atoms with E-state index in [0.717, 1.165) is 0 Å². The summed E-state index contributed by atoms with van der Waals surface area (Å²) in [6.45, 7) is 0. The Morgan fingerprint density at radius 2 is 1.69 bits per heavy atom. The molecule has 0 atom stereocenters. The fraction of sp³-hybridized carbons (Fsp3) is 0.143. The fourth-order valence-corrected chi connectivity index (χ4v) is 3.80. The molecule has 0 aromatic heterocycles. The normalized spacial score (nSPS) is 12.8. The van der Waals surface area contributed by atoms with E-state index in [-0.39, 0.29) is 0 Å². The highest BCUT2D eigenvalue weighted by Crippen LogP contribution is 2.24. The van der Waals surface area contributed by atoms with Crippen LogP contribution in [0.5, 0.6) is 0 Å². The zero-order valence-electron chi connectivity index (χ0n) is 7.37. The van der Waals surface area contributed by atoms with Crippen molar-refractivity contribution in [2.75, 3.05) is 0 Å². The van der Waals surface area contributed by atoms with Crippen molar-refractivity contribution >= 4 is 21.6 Å². The topological polar surface area (TPSA) is 48.2 Å². The summed E-state index contributed by atoms with van der Waals surface area (Å²) in [4.78, 5) is 0. The third-order valence-electron chi connectivity index (χ3n) is 1.32. The lowest BCUT2D eigenvalue weighted by Gasteiger charge is -2.10. The molecule has 0 amide bonds. The molecule has 0 unspecified atom stereocenters. The molecule has 0 bridgehead atoms. The van der Waals surface area contributed by atoms with Crippen molar-refractivity contribution in [3.05, 3.63) is 35.8 Å². The van der Waals surface area contributed by atoms with Crippen molar-refractivity contribution in [3.63, 3.8) is 0 Å². The summed E-state index contributed by atoms with van der Waals surface area (Å²) in [6, 6.07) is 5.83. The van der Waals surface area contributed by atoms with Crippen LogP contribution in [-0.2, 0) is 10.0 Å². The van der Waals surface area contributed by atoms with Crippen molar-refractivity contribution < 1.29 is 43.1 Å². The molecule has 1 rings (SSSR count). The largest absolute Gasteiger partial charge is 0.482 e. The van der Waals surface area contributed by atoms with E-state index in [0.29, 0.717) is 8.59 Å². The highest BCUT2D eigenvalue weighted by Gasteiger charge is 2.41. The van der Waals surface area contributed by atoms with Gasteiger partial charge >= 0.3 is 5.51 Å². The Morgan fingerprint density at radius 3 is 2.12 bits per heavy atom. The van der Waals surface area contributed by atoms with Crippen molar-refractivity contribution in [2.24, 2.45) is 0 Å². The van der Waals surface area contributed by atoms with E-state index < -0.39 is 37.0 Å². The number of hydrogen-bond acceptors (Lipinski definition) is 2. The minimum atomic E-state index is -5.37. The summed E-state index contributed by atoms with van der Waals surface area (Å²) in [7, 11) is -5.37. The summed E-state index contributed by atoms with van der Waals surface area (Å²) < 4.78 is 60.1. The molecule has 0 saturated carbocycles. The van der Waals surface area contributed by atoms with Crippen LogP contribution in [0, 0.1) is 3.57 Å². The molecule has 0 fully saturated rings. The first kappa shape index (κ1) is 14.0. The Morgan fingerprint density at radius 1 is 1.19 bits per heavy atom. The number of benzene rings is 1. The first-order chi connectivity index (χ1) is 7.22. The zero-order chi connectivity index (χ0) is 12.4. The summed E-state index contributed by atoms with van der Waals surface area (Å²) >= 11 is 3.97. The van der Waals surface area contributed by atoms with E-state index in [1.165, 1.54) is 24.3 Å². The van der Waals surface area contributed by atoms with Gasteiger partial charge in [-0.15, -0.1) is 0 Å². The number of nitrogens with zero attached hydrogens (tertiary/aromatic N) is 1. The second kappa shape index (κ2) is 5.07. The van der Waals surface area contributed by atoms with Crippen molar-refractivity contribution in [3.8, 4) is 0 Å². The molecule has 9 heteroatoms. The van der Waals surface area contributed by atoms with E-state index in [2.05, 4.69) is 2.94 Å². The molecule has 0 N–H and O–H groups in total. The standard InChI is InChI=1S/C7H4ClF3INO2S/c8-5-1-3-6(4-2-5)12-13-16(14,15)7(9,10)11/h1-4H. The summed E-state index contributed by atoms with van der Waals surface area (Å²) in [6.07, 6.45) is 0. The number of halogens is 5. The van der Waals surface area contributed by atoms with Crippen LogP contribution in [0.4, 0.5) is 13.2 Å². The van der Waals surface area contributed by atoms with Crippen LogP contribution >= 0.6 is 11.6 Å². The molecule has 0 saturated heterocycles. The molecule has 0 spiro atoms. The minimum absolute atomic E-state index is 0.423. The van der Waals surface area contributed by atoms with E-state index >= 15 is 0 Å². The molecular weight excluding hydrogens is 382 g/mol. The molecule has 90 valence electrons. The van der Waals surface area contributed by atoms with Crippen LogP contribution in [0.1, 0.15) is 0 Å². The summed E-state index contributed by atoms with van der Waals surface area (Å²) in [5.74, 6) is 0. The maximum Gasteiger partial charge on any atom is 0.482 e. The number of hydrogen-bond donors (Lipinski definition) is 0. The van der Waals surface area contributed by atoms with Gasteiger partial charge in [0.05, 0.1) is 0 Å². The highest BCUT2D eigenvalue weighted by molar-refractivity contribution is 7.94. The Kier molecular flexibility index (Phi) is 4.43. The molecule has 1 aromatic rings. The highest BCUT2D eigenvalue weighted by atomic mass is 127. The lowest BCUT2D eigenvalue weighted by molar-refractivity contribution is -0.567. The monoisotopic (exact) mass is 385 g/mol. The fourth-order valence-electron chi connectivity index (χ4n) is 0.610. The smallest absolute Gasteiger partial charge is 0.278 e. The molecule has 1 aromatic carbocycles. The van der Waals surface area contributed by atoms with Gasteiger partial charge < -0.3 is 0 Å². The number of alkyl halides is 3. The van der Waals surface area contributed by atoms with Crippen LogP contribution in [0.15, 0.2) is 24.3 Å². The molecule has 16 heavy (non-hydrogen) atoms. The molecule has 3 nitrogen and oxygen atoms in total. The zero-order valence-corrected chi connectivity index (χ0v) is 11.1. The Balaban J connectivity index is 2.69. The Labute approximate surface area is 106 Å². The van der Waals surface area contributed by atoms with Gasteiger partial charge in [0.15, 0.2) is 3.57 Å². The van der Waals surface area contributed by atoms with E-state index in [9.17, 15) is 21.6 Å². The average molecular weight is 386 g/mol. The van der Waals surface area contributed by atoms with Gasteiger partial charge in [0.1, 0.15) is 0 Å². The molecular formula is C7H4ClF3INO2S. The van der Waals surface area contributed by atoms with Gasteiger partial charge in [0.25, 0.3) is 0 Å². The molecule has 0 aliphatic carbocycles. The van der Waals surface area contributed by atoms with Crippen LogP contribution in [0.25, 0.3) is 2.94 Å². The van der Waals surface area contributed by atoms with Gasteiger partial charge in [-0.05, 0) is 24.3 Å². The third-order valence-corrected chi connectivity index (χ3v) is 5.83. The van der Waals surface area contributed by atoms with Gasteiger partial charge in [0, 0.05) is 5.02 Å². The minimum Gasteiger partial charge on any atom is -0.278 e. The second-order valence-electron chi connectivity index (χ2n) is 2.51. The van der Waals surface area contributed by atoms with E-state index in [4.69, 9.17) is 11.6 Å².